The van der Waals surface area contributed by atoms with Crippen LogP contribution in [0.15, 0.2) is 35.5 Å². The van der Waals surface area contributed by atoms with Gasteiger partial charge in [-0.25, -0.2) is 0 Å². The summed E-state index contributed by atoms with van der Waals surface area (Å²) < 4.78 is 5.61. The van der Waals surface area contributed by atoms with Crippen molar-refractivity contribution in [1.29, 1.82) is 5.26 Å². The molecule has 0 unspecified atom stereocenters. The predicted octanol–water partition coefficient (Wildman–Crippen LogP) is 3.51. The first kappa shape index (κ1) is 17.2. The monoisotopic (exact) mass is 313 g/mol. The SMILES string of the molecule is C=CCC1=C(C)[C@@H](OC(=O)[C@@H]2[C@@H](C=C(C)C#N)C2(C)C)CC1=O. The molecule has 0 aromatic carbocycles. The van der Waals surface area contributed by atoms with Crippen LogP contribution in [-0.4, -0.2) is 17.9 Å². The minimum absolute atomic E-state index is 0.0173. The zero-order valence-corrected chi connectivity index (χ0v) is 14.2. The standard InChI is InChI=1S/C19H23NO3/c1-6-7-13-12(3)16(9-15(13)21)23-18(22)17-14(19(17,4)5)8-11(2)10-20/h6,8,14,16-17H,1,7,9H2,2-5H3/t14-,16+,17+/m1/s1. The van der Waals surface area contributed by atoms with Crippen LogP contribution in [-0.2, 0) is 14.3 Å². The second kappa shape index (κ2) is 6.16. The van der Waals surface area contributed by atoms with E-state index in [1.165, 1.54) is 0 Å². The van der Waals surface area contributed by atoms with E-state index < -0.39 is 6.10 Å². The number of ketones is 1. The Bertz CT molecular complexity index is 661. The first-order valence-corrected chi connectivity index (χ1v) is 7.86. The second-order valence-corrected chi connectivity index (χ2v) is 6.99. The van der Waals surface area contributed by atoms with Crippen LogP contribution in [0.3, 0.4) is 0 Å². The van der Waals surface area contributed by atoms with E-state index in [-0.39, 0.29) is 35.4 Å². The number of ether oxygens (including phenoxy) is 1. The van der Waals surface area contributed by atoms with E-state index >= 15 is 0 Å². The third-order valence-corrected chi connectivity index (χ3v) is 5.04. The summed E-state index contributed by atoms with van der Waals surface area (Å²) in [4.78, 5) is 24.5. The van der Waals surface area contributed by atoms with Gasteiger partial charge in [0.2, 0.25) is 0 Å². The van der Waals surface area contributed by atoms with Crippen molar-refractivity contribution < 1.29 is 14.3 Å². The molecule has 0 N–H and O–H groups in total. The molecule has 0 aromatic rings. The zero-order valence-electron chi connectivity index (χ0n) is 14.2. The van der Waals surface area contributed by atoms with Crippen LogP contribution in [0, 0.1) is 28.6 Å². The molecule has 3 atom stereocenters. The summed E-state index contributed by atoms with van der Waals surface area (Å²) in [6.45, 7) is 11.2. The molecule has 0 amide bonds. The molecule has 2 aliphatic rings. The van der Waals surface area contributed by atoms with Crippen molar-refractivity contribution >= 4 is 11.8 Å². The Morgan fingerprint density at radius 3 is 2.74 bits per heavy atom. The highest BCUT2D eigenvalue weighted by Crippen LogP contribution is 2.60. The Labute approximate surface area is 137 Å². The third kappa shape index (κ3) is 3.14. The lowest BCUT2D eigenvalue weighted by molar-refractivity contribution is -0.150. The van der Waals surface area contributed by atoms with Gasteiger partial charge in [0.1, 0.15) is 6.10 Å². The lowest BCUT2D eigenvalue weighted by Gasteiger charge is -2.13. The smallest absolute Gasteiger partial charge is 0.310 e. The van der Waals surface area contributed by atoms with E-state index in [0.29, 0.717) is 17.6 Å². The molecule has 1 saturated carbocycles. The van der Waals surface area contributed by atoms with Crippen LogP contribution in [0.1, 0.15) is 40.5 Å². The van der Waals surface area contributed by atoms with Gasteiger partial charge in [0.15, 0.2) is 5.78 Å². The summed E-state index contributed by atoms with van der Waals surface area (Å²) in [5.41, 5.74) is 1.95. The minimum Gasteiger partial charge on any atom is -0.457 e. The van der Waals surface area contributed by atoms with Gasteiger partial charge in [-0.05, 0) is 37.2 Å². The molecule has 0 aliphatic heterocycles. The maximum Gasteiger partial charge on any atom is 0.310 e. The summed E-state index contributed by atoms with van der Waals surface area (Å²) in [5, 5.41) is 8.89. The van der Waals surface area contributed by atoms with E-state index in [4.69, 9.17) is 10.00 Å². The number of Topliss-reactive ketones (excluding diaryl/α,β-unsaturated/α-hetero) is 1. The van der Waals surface area contributed by atoms with E-state index in [0.717, 1.165) is 5.57 Å². The van der Waals surface area contributed by atoms with Gasteiger partial charge in [-0.3, -0.25) is 9.59 Å². The highest BCUT2D eigenvalue weighted by molar-refractivity contribution is 6.00. The fourth-order valence-electron chi connectivity index (χ4n) is 3.37. The van der Waals surface area contributed by atoms with Gasteiger partial charge in [-0.2, -0.15) is 5.26 Å². The summed E-state index contributed by atoms with van der Waals surface area (Å²) in [6, 6.07) is 2.09. The topological polar surface area (TPSA) is 67.2 Å². The predicted molar refractivity (Wildman–Crippen MR) is 87.1 cm³/mol. The van der Waals surface area contributed by atoms with E-state index in [1.54, 1.807) is 13.0 Å². The number of nitrogens with zero attached hydrogens (tertiary/aromatic N) is 1. The molecule has 4 nitrogen and oxygen atoms in total. The van der Waals surface area contributed by atoms with Crippen molar-refractivity contribution in [3.63, 3.8) is 0 Å². The lowest BCUT2D eigenvalue weighted by Crippen LogP contribution is -2.20. The second-order valence-electron chi connectivity index (χ2n) is 6.99. The molecule has 1 fully saturated rings. The normalized spacial score (nSPS) is 29.3. The molecule has 2 aliphatic carbocycles. The molecule has 0 saturated heterocycles. The number of hydrogen-bond acceptors (Lipinski definition) is 4. The molecule has 0 heterocycles. The van der Waals surface area contributed by atoms with E-state index in [1.807, 2.05) is 26.8 Å². The molecule has 0 aromatic heterocycles. The van der Waals surface area contributed by atoms with Crippen molar-refractivity contribution in [1.82, 2.24) is 0 Å². The molecule has 4 heteroatoms. The van der Waals surface area contributed by atoms with E-state index in [9.17, 15) is 9.59 Å². The third-order valence-electron chi connectivity index (χ3n) is 5.04. The highest BCUT2D eigenvalue weighted by Gasteiger charge is 2.62. The van der Waals surface area contributed by atoms with Crippen LogP contribution >= 0.6 is 0 Å². The number of nitriles is 1. The van der Waals surface area contributed by atoms with Crippen LogP contribution in [0.25, 0.3) is 0 Å². The average Bonchev–Trinajstić information content (AvgIpc) is 2.92. The molecular weight excluding hydrogens is 290 g/mol. The van der Waals surface area contributed by atoms with Crippen molar-refractivity contribution in [2.24, 2.45) is 17.3 Å². The fraction of sp³-hybridized carbons (Fsp3) is 0.526. The van der Waals surface area contributed by atoms with Gasteiger partial charge in [0.25, 0.3) is 0 Å². The van der Waals surface area contributed by atoms with Gasteiger partial charge in [-0.15, -0.1) is 6.58 Å². The van der Waals surface area contributed by atoms with Gasteiger partial charge in [-0.1, -0.05) is 26.0 Å². The molecule has 122 valence electrons. The first-order chi connectivity index (χ1) is 10.7. The van der Waals surface area contributed by atoms with Gasteiger partial charge in [0, 0.05) is 11.1 Å². The average molecular weight is 313 g/mol. The Kier molecular flexibility index (Phi) is 4.61. The number of carbonyl (C=O) groups is 2. The van der Waals surface area contributed by atoms with Gasteiger partial charge < -0.3 is 4.74 Å². The number of carbonyl (C=O) groups excluding carboxylic acids is 2. The summed E-state index contributed by atoms with van der Waals surface area (Å²) >= 11 is 0. The Morgan fingerprint density at radius 1 is 1.52 bits per heavy atom. The zero-order chi connectivity index (χ0) is 17.4. The number of allylic oxidation sites excluding steroid dienone is 4. The number of hydrogen-bond donors (Lipinski definition) is 0. The number of rotatable bonds is 5. The Hall–Kier alpha value is -2.15. The molecular formula is C19H23NO3. The molecule has 2 rings (SSSR count). The summed E-state index contributed by atoms with van der Waals surface area (Å²) in [7, 11) is 0. The fourth-order valence-corrected chi connectivity index (χ4v) is 3.37. The Morgan fingerprint density at radius 2 is 2.17 bits per heavy atom. The van der Waals surface area contributed by atoms with E-state index in [2.05, 4.69) is 12.6 Å². The largest absolute Gasteiger partial charge is 0.457 e. The molecule has 23 heavy (non-hydrogen) atoms. The summed E-state index contributed by atoms with van der Waals surface area (Å²) in [6.07, 6.45) is 3.82. The van der Waals surface area contributed by atoms with Crippen molar-refractivity contribution in [3.8, 4) is 6.07 Å². The highest BCUT2D eigenvalue weighted by atomic mass is 16.5. The maximum absolute atomic E-state index is 12.5. The van der Waals surface area contributed by atoms with Crippen LogP contribution < -0.4 is 0 Å². The molecule has 0 spiro atoms. The maximum atomic E-state index is 12.5. The van der Waals surface area contributed by atoms with Crippen molar-refractivity contribution in [3.05, 3.63) is 35.5 Å². The van der Waals surface area contributed by atoms with Crippen LogP contribution in [0.2, 0.25) is 0 Å². The van der Waals surface area contributed by atoms with Crippen molar-refractivity contribution in [2.75, 3.05) is 0 Å². The summed E-state index contributed by atoms with van der Waals surface area (Å²) in [5.74, 6) is -0.480. The van der Waals surface area contributed by atoms with Gasteiger partial charge in [0.05, 0.1) is 18.4 Å². The quantitative estimate of drug-likeness (QED) is 0.442. The van der Waals surface area contributed by atoms with Crippen LogP contribution in [0.5, 0.6) is 0 Å². The minimum atomic E-state index is -0.456. The number of esters is 1. The lowest BCUT2D eigenvalue weighted by atomic mass is 10.1. The van der Waals surface area contributed by atoms with Gasteiger partial charge >= 0.3 is 5.97 Å². The first-order valence-electron chi connectivity index (χ1n) is 7.86. The molecule has 0 bridgehead atoms. The van der Waals surface area contributed by atoms with Crippen molar-refractivity contribution in [2.45, 2.75) is 46.6 Å². The van der Waals surface area contributed by atoms with Crippen LogP contribution in [0.4, 0.5) is 0 Å². The molecule has 0 radical (unpaired) electrons. The Balaban J connectivity index is 2.08.